The monoisotopic (exact) mass is 304 g/mol. The highest BCUT2D eigenvalue weighted by Gasteiger charge is 2.16. The molecule has 0 saturated heterocycles. The fraction of sp³-hybridized carbons (Fsp3) is 0.143. The second-order valence-electron chi connectivity index (χ2n) is 4.51. The first-order chi connectivity index (χ1) is 10.1. The Morgan fingerprint density at radius 3 is 3.10 bits per heavy atom. The van der Waals surface area contributed by atoms with Crippen LogP contribution in [0.25, 0.3) is 10.1 Å². The molecule has 3 aromatic rings. The molecule has 3 N–H and O–H groups in total. The van der Waals surface area contributed by atoms with E-state index in [2.05, 4.69) is 10.4 Å². The molecule has 0 radical (unpaired) electrons. The second kappa shape index (κ2) is 5.53. The van der Waals surface area contributed by atoms with Crippen molar-refractivity contribution in [3.63, 3.8) is 0 Å². The number of nitrogen functional groups attached to an aromatic ring is 1. The maximum atomic E-state index is 13.2. The van der Waals surface area contributed by atoms with Crippen molar-refractivity contribution in [1.82, 2.24) is 15.1 Å². The molecule has 1 amide bonds. The largest absolute Gasteiger partial charge is 0.397 e. The van der Waals surface area contributed by atoms with Gasteiger partial charge in [-0.15, -0.1) is 11.3 Å². The van der Waals surface area contributed by atoms with Gasteiger partial charge in [0.25, 0.3) is 5.91 Å². The first-order valence-electron chi connectivity index (χ1n) is 6.38. The van der Waals surface area contributed by atoms with Crippen molar-refractivity contribution in [2.45, 2.75) is 6.54 Å². The van der Waals surface area contributed by atoms with Gasteiger partial charge in [0.05, 0.1) is 12.2 Å². The lowest BCUT2D eigenvalue weighted by Gasteiger charge is -2.04. The van der Waals surface area contributed by atoms with E-state index in [1.54, 1.807) is 16.9 Å². The molecule has 2 aromatic heterocycles. The van der Waals surface area contributed by atoms with Crippen molar-refractivity contribution < 1.29 is 9.18 Å². The molecule has 0 spiro atoms. The third-order valence-corrected chi connectivity index (χ3v) is 4.27. The number of nitrogens with zero attached hydrogens (tertiary/aromatic N) is 2. The van der Waals surface area contributed by atoms with E-state index < -0.39 is 0 Å². The minimum absolute atomic E-state index is 0.249. The van der Waals surface area contributed by atoms with Gasteiger partial charge in [0.15, 0.2) is 0 Å². The molecule has 0 bridgehead atoms. The van der Waals surface area contributed by atoms with Crippen LogP contribution in [0.2, 0.25) is 0 Å². The summed E-state index contributed by atoms with van der Waals surface area (Å²) in [7, 11) is 0. The topological polar surface area (TPSA) is 72.9 Å². The minimum atomic E-state index is -0.363. The molecule has 0 aliphatic rings. The summed E-state index contributed by atoms with van der Waals surface area (Å²) in [6.45, 7) is 1.03. The fourth-order valence-corrected chi connectivity index (χ4v) is 3.07. The predicted molar refractivity (Wildman–Crippen MR) is 80.8 cm³/mol. The van der Waals surface area contributed by atoms with Gasteiger partial charge in [0, 0.05) is 29.0 Å². The molecule has 21 heavy (non-hydrogen) atoms. The number of nitrogens with one attached hydrogen (secondary N) is 1. The number of nitrogens with two attached hydrogens (primary N) is 1. The number of amides is 1. The summed E-state index contributed by atoms with van der Waals surface area (Å²) in [4.78, 5) is 12.6. The fourth-order valence-electron chi connectivity index (χ4n) is 2.05. The number of carbonyl (C=O) groups is 1. The van der Waals surface area contributed by atoms with Gasteiger partial charge in [0.1, 0.15) is 10.7 Å². The van der Waals surface area contributed by atoms with Gasteiger partial charge < -0.3 is 11.1 Å². The molecule has 0 aliphatic carbocycles. The van der Waals surface area contributed by atoms with E-state index >= 15 is 0 Å². The molecule has 0 saturated carbocycles. The Kier molecular flexibility index (Phi) is 3.57. The number of anilines is 1. The number of thiophene rings is 1. The SMILES string of the molecule is Nc1c(C(=O)NCCn2cccn2)sc2ccc(F)cc12. The molecule has 0 atom stereocenters. The van der Waals surface area contributed by atoms with Crippen LogP contribution in [0.5, 0.6) is 0 Å². The molecule has 0 unspecified atom stereocenters. The molecule has 108 valence electrons. The van der Waals surface area contributed by atoms with Gasteiger partial charge in [-0.3, -0.25) is 9.48 Å². The molecule has 2 heterocycles. The van der Waals surface area contributed by atoms with Crippen LogP contribution in [0.3, 0.4) is 0 Å². The first-order valence-corrected chi connectivity index (χ1v) is 7.20. The average molecular weight is 304 g/mol. The van der Waals surface area contributed by atoms with E-state index in [-0.39, 0.29) is 11.7 Å². The van der Waals surface area contributed by atoms with Crippen LogP contribution < -0.4 is 11.1 Å². The number of fused-ring (bicyclic) bond motifs is 1. The van der Waals surface area contributed by atoms with Crippen LogP contribution in [0.15, 0.2) is 36.7 Å². The van der Waals surface area contributed by atoms with Crippen molar-refractivity contribution in [3.05, 3.63) is 47.4 Å². The van der Waals surface area contributed by atoms with Crippen LogP contribution in [-0.4, -0.2) is 22.2 Å². The van der Waals surface area contributed by atoms with Crippen LogP contribution in [0, 0.1) is 5.82 Å². The van der Waals surface area contributed by atoms with E-state index in [0.717, 1.165) is 4.70 Å². The zero-order valence-corrected chi connectivity index (χ0v) is 11.9. The Labute approximate surface area is 124 Å². The highest BCUT2D eigenvalue weighted by atomic mass is 32.1. The van der Waals surface area contributed by atoms with E-state index in [0.29, 0.717) is 29.0 Å². The standard InChI is InChI=1S/C14H13FN4OS/c15-9-2-3-11-10(8-9)12(16)13(21-11)14(20)17-5-7-19-6-1-4-18-19/h1-4,6,8H,5,7,16H2,(H,17,20). The quantitative estimate of drug-likeness (QED) is 0.776. The van der Waals surface area contributed by atoms with Crippen LogP contribution in [0.4, 0.5) is 10.1 Å². The summed E-state index contributed by atoms with van der Waals surface area (Å²) in [5.41, 5.74) is 6.27. The van der Waals surface area contributed by atoms with E-state index in [1.165, 1.54) is 23.5 Å². The summed E-state index contributed by atoms with van der Waals surface area (Å²) >= 11 is 1.26. The summed E-state index contributed by atoms with van der Waals surface area (Å²) < 4.78 is 15.7. The van der Waals surface area contributed by atoms with Crippen molar-refractivity contribution in [2.24, 2.45) is 0 Å². The molecule has 7 heteroatoms. The lowest BCUT2D eigenvalue weighted by molar-refractivity contribution is 0.0957. The van der Waals surface area contributed by atoms with Crippen molar-refractivity contribution in [2.75, 3.05) is 12.3 Å². The Morgan fingerprint density at radius 2 is 2.33 bits per heavy atom. The van der Waals surface area contributed by atoms with Gasteiger partial charge in [-0.05, 0) is 24.3 Å². The number of rotatable bonds is 4. The maximum Gasteiger partial charge on any atom is 0.263 e. The van der Waals surface area contributed by atoms with Gasteiger partial charge in [0.2, 0.25) is 0 Å². The third-order valence-electron chi connectivity index (χ3n) is 3.08. The van der Waals surface area contributed by atoms with Gasteiger partial charge in [-0.25, -0.2) is 4.39 Å². The summed E-state index contributed by atoms with van der Waals surface area (Å²) in [5.74, 6) is -0.612. The van der Waals surface area contributed by atoms with Crippen LogP contribution in [0.1, 0.15) is 9.67 Å². The number of benzene rings is 1. The Balaban J connectivity index is 1.73. The van der Waals surface area contributed by atoms with Crippen LogP contribution >= 0.6 is 11.3 Å². The van der Waals surface area contributed by atoms with Crippen LogP contribution in [-0.2, 0) is 6.54 Å². The molecule has 3 rings (SSSR count). The molecular formula is C14H13FN4OS. The van der Waals surface area contributed by atoms with Gasteiger partial charge in [-0.2, -0.15) is 5.10 Å². The summed E-state index contributed by atoms with van der Waals surface area (Å²) in [5, 5.41) is 7.42. The Bertz CT molecular complexity index is 782. The summed E-state index contributed by atoms with van der Waals surface area (Å²) in [6, 6.07) is 6.16. The van der Waals surface area contributed by atoms with E-state index in [9.17, 15) is 9.18 Å². The Morgan fingerprint density at radius 1 is 1.48 bits per heavy atom. The van der Waals surface area contributed by atoms with Crippen molar-refractivity contribution >= 4 is 33.0 Å². The molecular weight excluding hydrogens is 291 g/mol. The molecule has 5 nitrogen and oxygen atoms in total. The lowest BCUT2D eigenvalue weighted by atomic mass is 10.2. The summed E-state index contributed by atoms with van der Waals surface area (Å²) in [6.07, 6.45) is 3.50. The number of hydrogen-bond acceptors (Lipinski definition) is 4. The van der Waals surface area contributed by atoms with Crippen molar-refractivity contribution in [3.8, 4) is 0 Å². The van der Waals surface area contributed by atoms with E-state index in [4.69, 9.17) is 5.73 Å². The van der Waals surface area contributed by atoms with Gasteiger partial charge in [-0.1, -0.05) is 0 Å². The van der Waals surface area contributed by atoms with Crippen molar-refractivity contribution in [1.29, 1.82) is 0 Å². The number of aromatic nitrogens is 2. The lowest BCUT2D eigenvalue weighted by Crippen LogP contribution is -2.27. The second-order valence-corrected chi connectivity index (χ2v) is 5.56. The highest BCUT2D eigenvalue weighted by Crippen LogP contribution is 2.33. The molecule has 0 aliphatic heterocycles. The minimum Gasteiger partial charge on any atom is -0.397 e. The normalized spacial score (nSPS) is 10.9. The highest BCUT2D eigenvalue weighted by molar-refractivity contribution is 7.21. The van der Waals surface area contributed by atoms with E-state index in [1.807, 2.05) is 12.3 Å². The third kappa shape index (κ3) is 2.73. The number of hydrogen-bond donors (Lipinski definition) is 2. The zero-order valence-electron chi connectivity index (χ0n) is 11.0. The predicted octanol–water partition coefficient (Wildman–Crippen LogP) is 2.25. The smallest absolute Gasteiger partial charge is 0.263 e. The number of carbonyl (C=O) groups excluding carboxylic acids is 1. The first kappa shape index (κ1) is 13.6. The average Bonchev–Trinajstić information content (AvgIpc) is 3.08. The number of halogens is 1. The Hall–Kier alpha value is -2.41. The maximum absolute atomic E-state index is 13.2. The van der Waals surface area contributed by atoms with Gasteiger partial charge >= 0.3 is 0 Å². The molecule has 1 aromatic carbocycles. The molecule has 0 fully saturated rings. The zero-order chi connectivity index (χ0) is 14.8.